The highest BCUT2D eigenvalue weighted by atomic mass is 32.2. The number of rotatable bonds is 8. The zero-order valence-electron chi connectivity index (χ0n) is 15.6. The fourth-order valence-corrected chi connectivity index (χ4v) is 2.49. The first-order chi connectivity index (χ1) is 12.7. The van der Waals surface area contributed by atoms with Gasteiger partial charge in [-0.2, -0.15) is 12.7 Å². The molecule has 0 unspecified atom stereocenters. The number of hydrogen-bond donors (Lipinski definition) is 3. The Morgan fingerprint density at radius 3 is 2.30 bits per heavy atom. The monoisotopic (exact) mass is 397 g/mol. The number of carbonyl (C=O) groups is 1. The van der Waals surface area contributed by atoms with E-state index in [1.54, 1.807) is 43.3 Å². The maximum Gasteiger partial charge on any atom is 0.319 e. The highest BCUT2D eigenvalue weighted by Crippen LogP contribution is 2.22. The summed E-state index contributed by atoms with van der Waals surface area (Å²) < 4.78 is 31.9. The van der Waals surface area contributed by atoms with Gasteiger partial charge in [-0.1, -0.05) is 5.10 Å². The van der Waals surface area contributed by atoms with Crippen LogP contribution in [0, 0.1) is 0 Å². The van der Waals surface area contributed by atoms with Gasteiger partial charge in [-0.25, -0.2) is 9.52 Å². The van der Waals surface area contributed by atoms with E-state index in [-0.39, 0.29) is 13.1 Å². The fraction of sp³-hybridized carbons (Fsp3) is 0.400. The van der Waals surface area contributed by atoms with Crippen LogP contribution in [0.1, 0.15) is 0 Å². The molecule has 3 N–H and O–H groups in total. The van der Waals surface area contributed by atoms with Crippen molar-refractivity contribution in [1.29, 1.82) is 0 Å². The number of nitrogens with one attached hydrogen (secondary N) is 3. The van der Waals surface area contributed by atoms with Crippen molar-refractivity contribution in [3.8, 4) is 11.5 Å². The third-order valence-electron chi connectivity index (χ3n) is 3.36. The second-order valence-electron chi connectivity index (χ2n) is 5.92. The van der Waals surface area contributed by atoms with Gasteiger partial charge in [-0.15, -0.1) is 5.10 Å². The van der Waals surface area contributed by atoms with Gasteiger partial charge in [-0.05, 0) is 24.3 Å². The summed E-state index contributed by atoms with van der Waals surface area (Å²) in [5.41, 5.74) is 1.29. The van der Waals surface area contributed by atoms with Crippen molar-refractivity contribution in [3.63, 3.8) is 0 Å². The predicted molar refractivity (Wildman–Crippen MR) is 102 cm³/mol. The summed E-state index contributed by atoms with van der Waals surface area (Å²) in [7, 11) is 2.94. The fourth-order valence-electron chi connectivity index (χ4n) is 1.87. The van der Waals surface area contributed by atoms with Crippen molar-refractivity contribution < 1.29 is 17.6 Å². The second kappa shape index (κ2) is 8.79. The summed E-state index contributed by atoms with van der Waals surface area (Å²) in [6.07, 6.45) is 0. The molecule has 0 aliphatic rings. The van der Waals surface area contributed by atoms with Crippen LogP contribution < -0.4 is 20.3 Å². The number of hydrogen-bond acceptors (Lipinski definition) is 7. The van der Waals surface area contributed by atoms with E-state index in [1.165, 1.54) is 14.1 Å². The number of amides is 2. The van der Waals surface area contributed by atoms with Crippen molar-refractivity contribution in [2.24, 2.45) is 0 Å². The van der Waals surface area contributed by atoms with Gasteiger partial charge in [0.25, 0.3) is 10.2 Å². The molecule has 1 aromatic carbocycles. The van der Waals surface area contributed by atoms with Crippen molar-refractivity contribution in [1.82, 2.24) is 24.5 Å². The Morgan fingerprint density at radius 1 is 1.07 bits per heavy atom. The van der Waals surface area contributed by atoms with Gasteiger partial charge in [0, 0.05) is 52.5 Å². The van der Waals surface area contributed by atoms with E-state index in [4.69, 9.17) is 4.42 Å². The lowest BCUT2D eigenvalue weighted by Gasteiger charge is -2.12. The molecule has 1 aromatic heterocycles. The lowest BCUT2D eigenvalue weighted by atomic mass is 10.2. The number of benzene rings is 1. The first-order valence-corrected chi connectivity index (χ1v) is 9.46. The Balaban J connectivity index is 1.82. The summed E-state index contributed by atoms with van der Waals surface area (Å²) in [4.78, 5) is 13.6. The molecule has 0 saturated carbocycles. The van der Waals surface area contributed by atoms with E-state index in [0.717, 1.165) is 9.87 Å². The smallest absolute Gasteiger partial charge is 0.319 e. The molecule has 2 aromatic rings. The van der Waals surface area contributed by atoms with E-state index < -0.39 is 16.2 Å². The summed E-state index contributed by atoms with van der Waals surface area (Å²) in [5, 5.41) is 13.1. The first kappa shape index (κ1) is 20.6. The number of urea groups is 1. The van der Waals surface area contributed by atoms with Crippen LogP contribution in [0.3, 0.4) is 0 Å². The minimum absolute atomic E-state index is 0.0816. The van der Waals surface area contributed by atoms with Crippen molar-refractivity contribution in [2.45, 2.75) is 0 Å². The van der Waals surface area contributed by atoms with Crippen molar-refractivity contribution >= 4 is 27.9 Å². The zero-order valence-corrected chi connectivity index (χ0v) is 16.4. The molecule has 0 aliphatic carbocycles. The topological polar surface area (TPSA) is 133 Å². The molecule has 2 amide bonds. The number of nitrogens with zero attached hydrogens (tertiary/aromatic N) is 4. The van der Waals surface area contributed by atoms with Gasteiger partial charge >= 0.3 is 12.0 Å². The minimum Gasteiger partial charge on any atom is -0.403 e. The van der Waals surface area contributed by atoms with E-state index >= 15 is 0 Å². The molecule has 0 bridgehead atoms. The summed E-state index contributed by atoms with van der Waals surface area (Å²) in [5.74, 6) is 0.378. The van der Waals surface area contributed by atoms with E-state index in [2.05, 4.69) is 25.6 Å². The third-order valence-corrected chi connectivity index (χ3v) is 4.89. The van der Waals surface area contributed by atoms with Gasteiger partial charge in [0.1, 0.15) is 0 Å². The first-order valence-electron chi connectivity index (χ1n) is 8.02. The Labute approximate surface area is 157 Å². The largest absolute Gasteiger partial charge is 0.403 e. The Morgan fingerprint density at radius 2 is 1.74 bits per heavy atom. The van der Waals surface area contributed by atoms with Gasteiger partial charge in [0.05, 0.1) is 0 Å². The molecule has 2 rings (SSSR count). The molecular formula is C15H23N7O4S. The summed E-state index contributed by atoms with van der Waals surface area (Å²) in [6, 6.07) is 6.84. The lowest BCUT2D eigenvalue weighted by molar-refractivity contribution is 0.252. The van der Waals surface area contributed by atoms with Crippen LogP contribution in [0.15, 0.2) is 28.7 Å². The molecule has 12 heteroatoms. The molecule has 0 aliphatic heterocycles. The van der Waals surface area contributed by atoms with Gasteiger partial charge < -0.3 is 20.0 Å². The SMILES string of the molecule is CN(C)c1nnc(-c2ccc(NC(=O)NCCNS(=O)(=O)N(C)C)cc2)o1. The molecule has 148 valence electrons. The van der Waals surface area contributed by atoms with Crippen molar-refractivity contribution in [3.05, 3.63) is 24.3 Å². The standard InChI is InChI=1S/C15H23N7O4S/c1-21(2)15-20-19-13(26-15)11-5-7-12(8-6-11)18-14(23)16-9-10-17-27(24,25)22(3)4/h5-8,17H,9-10H2,1-4H3,(H2,16,18,23). The number of anilines is 2. The van der Waals surface area contributed by atoms with Crippen LogP contribution >= 0.6 is 0 Å². The van der Waals surface area contributed by atoms with Crippen LogP contribution in [0.25, 0.3) is 11.5 Å². The quantitative estimate of drug-likeness (QED) is 0.546. The van der Waals surface area contributed by atoms with Crippen molar-refractivity contribution in [2.75, 3.05) is 51.5 Å². The second-order valence-corrected chi connectivity index (χ2v) is 7.89. The molecule has 27 heavy (non-hydrogen) atoms. The van der Waals surface area contributed by atoms with E-state index in [0.29, 0.717) is 17.6 Å². The van der Waals surface area contributed by atoms with E-state index in [9.17, 15) is 13.2 Å². The Kier molecular flexibility index (Phi) is 6.71. The summed E-state index contributed by atoms with van der Waals surface area (Å²) in [6.45, 7) is 0.227. The van der Waals surface area contributed by atoms with Crippen LogP contribution in [-0.4, -0.2) is 70.2 Å². The molecule has 0 fully saturated rings. The maximum absolute atomic E-state index is 11.8. The zero-order chi connectivity index (χ0) is 20.0. The average molecular weight is 397 g/mol. The van der Waals surface area contributed by atoms with E-state index in [1.807, 2.05) is 0 Å². The van der Waals surface area contributed by atoms with Gasteiger partial charge in [0.2, 0.25) is 5.89 Å². The van der Waals surface area contributed by atoms with Gasteiger partial charge in [-0.3, -0.25) is 0 Å². The molecule has 0 saturated heterocycles. The van der Waals surface area contributed by atoms with Crippen LogP contribution in [0.4, 0.5) is 16.5 Å². The number of aromatic nitrogens is 2. The molecule has 0 spiro atoms. The van der Waals surface area contributed by atoms with Crippen LogP contribution in [0.5, 0.6) is 0 Å². The average Bonchev–Trinajstić information content (AvgIpc) is 3.10. The molecular weight excluding hydrogens is 374 g/mol. The highest BCUT2D eigenvalue weighted by Gasteiger charge is 2.12. The number of carbonyl (C=O) groups excluding carboxylic acids is 1. The molecule has 11 nitrogen and oxygen atoms in total. The summed E-state index contributed by atoms with van der Waals surface area (Å²) >= 11 is 0. The Hall–Kier alpha value is -2.70. The predicted octanol–water partition coefficient (Wildman–Crippen LogP) is 0.320. The molecule has 0 radical (unpaired) electrons. The van der Waals surface area contributed by atoms with Crippen LogP contribution in [-0.2, 0) is 10.2 Å². The van der Waals surface area contributed by atoms with Gasteiger partial charge in [0.15, 0.2) is 0 Å². The van der Waals surface area contributed by atoms with Crippen LogP contribution in [0.2, 0.25) is 0 Å². The molecule has 1 heterocycles. The molecule has 0 atom stereocenters. The maximum atomic E-state index is 11.8. The third kappa shape index (κ3) is 5.91. The highest BCUT2D eigenvalue weighted by molar-refractivity contribution is 7.87. The normalized spacial score (nSPS) is 11.4. The lowest BCUT2D eigenvalue weighted by Crippen LogP contribution is -2.41. The Bertz CT molecular complexity index is 863. The minimum atomic E-state index is -3.50.